The highest BCUT2D eigenvalue weighted by Gasteiger charge is 2.29. The molecule has 0 aliphatic carbocycles. The van der Waals surface area contributed by atoms with Crippen LogP contribution in [0, 0.1) is 5.82 Å². The summed E-state index contributed by atoms with van der Waals surface area (Å²) in [5, 5.41) is 0. The number of benzene rings is 1. The van der Waals surface area contributed by atoms with Gasteiger partial charge in [-0.3, -0.25) is 4.79 Å². The van der Waals surface area contributed by atoms with Crippen molar-refractivity contribution in [3.05, 3.63) is 50.9 Å². The Labute approximate surface area is 167 Å². The summed E-state index contributed by atoms with van der Waals surface area (Å²) in [4.78, 5) is 14.6. The van der Waals surface area contributed by atoms with E-state index < -0.39 is 20.7 Å². The smallest absolute Gasteiger partial charge is 0.253 e. The second-order valence-electron chi connectivity index (χ2n) is 6.48. The summed E-state index contributed by atoms with van der Waals surface area (Å²) in [5.41, 5.74) is 0.136. The van der Waals surface area contributed by atoms with Crippen molar-refractivity contribution < 1.29 is 17.6 Å². The van der Waals surface area contributed by atoms with Crippen LogP contribution in [0.5, 0.6) is 0 Å². The van der Waals surface area contributed by atoms with E-state index in [1.54, 1.807) is 13.1 Å². The third-order valence-electron chi connectivity index (χ3n) is 4.48. The van der Waals surface area contributed by atoms with Gasteiger partial charge in [-0.15, -0.1) is 11.3 Å². The molecule has 1 aliphatic heterocycles. The van der Waals surface area contributed by atoms with E-state index >= 15 is 0 Å². The molecule has 0 radical (unpaired) electrons. The Hall–Kier alpha value is -1.48. The lowest BCUT2D eigenvalue weighted by atomic mass is 10.2. The van der Waals surface area contributed by atoms with Gasteiger partial charge in [-0.05, 0) is 43.2 Å². The number of carbonyl (C=O) groups is 1. The molecule has 1 aromatic carbocycles. The summed E-state index contributed by atoms with van der Waals surface area (Å²) in [5.74, 6) is -1.22. The molecule has 5 nitrogen and oxygen atoms in total. The van der Waals surface area contributed by atoms with Crippen molar-refractivity contribution in [2.24, 2.45) is 0 Å². The second-order valence-corrected chi connectivity index (χ2v) is 10.2. The van der Waals surface area contributed by atoms with E-state index in [0.29, 0.717) is 24.0 Å². The number of hydrogen-bond acceptors (Lipinski definition) is 4. The van der Waals surface area contributed by atoms with Crippen molar-refractivity contribution in [2.75, 3.05) is 20.1 Å². The average Bonchev–Trinajstić information content (AvgIpc) is 3.06. The summed E-state index contributed by atoms with van der Waals surface area (Å²) < 4.78 is 41.8. The summed E-state index contributed by atoms with van der Waals surface area (Å²) in [6.45, 7) is 1.08. The molecule has 27 heavy (non-hydrogen) atoms. The van der Waals surface area contributed by atoms with E-state index in [1.165, 1.54) is 26.6 Å². The number of hydrogen-bond donors (Lipinski definition) is 0. The highest BCUT2D eigenvalue weighted by molar-refractivity contribution is 7.89. The minimum atomic E-state index is -3.96. The number of rotatable bonds is 5. The van der Waals surface area contributed by atoms with Crippen molar-refractivity contribution >= 4 is 38.9 Å². The molecule has 1 saturated heterocycles. The molecule has 0 unspecified atom stereocenters. The van der Waals surface area contributed by atoms with Crippen molar-refractivity contribution in [2.45, 2.75) is 30.7 Å². The van der Waals surface area contributed by atoms with Gasteiger partial charge in [0.1, 0.15) is 10.7 Å². The highest BCUT2D eigenvalue weighted by atomic mass is 35.5. The first-order valence-electron chi connectivity index (χ1n) is 8.58. The molecule has 0 spiro atoms. The zero-order valence-electron chi connectivity index (χ0n) is 14.8. The minimum Gasteiger partial charge on any atom is -0.337 e. The van der Waals surface area contributed by atoms with Gasteiger partial charge in [-0.25, -0.2) is 12.8 Å². The van der Waals surface area contributed by atoms with Crippen LogP contribution in [-0.2, 0) is 16.6 Å². The van der Waals surface area contributed by atoms with Crippen LogP contribution in [0.25, 0.3) is 0 Å². The molecule has 1 amide bonds. The third-order valence-corrected chi connectivity index (χ3v) is 7.61. The SMILES string of the molecule is CN(Cc1ccc(Cl)s1)C(=O)c1ccc(F)c(S(=O)(=O)N2CCCCC2)c1. The number of piperidine rings is 1. The van der Waals surface area contributed by atoms with Crippen LogP contribution in [0.3, 0.4) is 0 Å². The highest BCUT2D eigenvalue weighted by Crippen LogP contribution is 2.26. The Balaban J connectivity index is 1.84. The van der Waals surface area contributed by atoms with Crippen LogP contribution >= 0.6 is 22.9 Å². The van der Waals surface area contributed by atoms with E-state index in [1.807, 2.05) is 6.07 Å². The fourth-order valence-electron chi connectivity index (χ4n) is 3.04. The van der Waals surface area contributed by atoms with Crippen molar-refractivity contribution in [3.63, 3.8) is 0 Å². The van der Waals surface area contributed by atoms with Crippen molar-refractivity contribution in [3.8, 4) is 0 Å². The second kappa shape index (κ2) is 8.26. The largest absolute Gasteiger partial charge is 0.337 e. The molecule has 9 heteroatoms. The van der Waals surface area contributed by atoms with Gasteiger partial charge >= 0.3 is 0 Å². The fraction of sp³-hybridized carbons (Fsp3) is 0.389. The molecule has 1 aromatic heterocycles. The monoisotopic (exact) mass is 430 g/mol. The van der Waals surface area contributed by atoms with E-state index in [9.17, 15) is 17.6 Å². The van der Waals surface area contributed by atoms with Gasteiger partial charge in [-0.2, -0.15) is 4.31 Å². The number of thiophene rings is 1. The Morgan fingerprint density at radius 1 is 1.22 bits per heavy atom. The van der Waals surface area contributed by atoms with Crippen LogP contribution in [-0.4, -0.2) is 43.7 Å². The van der Waals surface area contributed by atoms with Gasteiger partial charge in [0, 0.05) is 30.6 Å². The fourth-order valence-corrected chi connectivity index (χ4v) is 5.79. The Bertz CT molecular complexity index is 940. The van der Waals surface area contributed by atoms with Gasteiger partial charge < -0.3 is 4.90 Å². The molecule has 0 atom stereocenters. The zero-order chi connectivity index (χ0) is 19.6. The van der Waals surface area contributed by atoms with Gasteiger partial charge in [0.15, 0.2) is 0 Å². The zero-order valence-corrected chi connectivity index (χ0v) is 17.2. The Morgan fingerprint density at radius 2 is 1.93 bits per heavy atom. The molecule has 2 aromatic rings. The Kier molecular flexibility index (Phi) is 6.20. The maximum atomic E-state index is 14.3. The van der Waals surface area contributed by atoms with E-state index in [-0.39, 0.29) is 11.5 Å². The molecule has 146 valence electrons. The number of halogens is 2. The lowest BCUT2D eigenvalue weighted by molar-refractivity contribution is 0.0786. The standard InChI is InChI=1S/C18H20ClFN2O3S2/c1-21(12-14-6-8-17(19)26-14)18(23)13-5-7-15(20)16(11-13)27(24,25)22-9-3-2-4-10-22/h5-8,11H,2-4,9-10,12H2,1H3. The number of carbonyl (C=O) groups excluding carboxylic acids is 1. The maximum absolute atomic E-state index is 14.3. The summed E-state index contributed by atoms with van der Waals surface area (Å²) in [6, 6.07) is 7.07. The molecule has 1 fully saturated rings. The van der Waals surface area contributed by atoms with Crippen LogP contribution in [0.15, 0.2) is 35.2 Å². The van der Waals surface area contributed by atoms with E-state index in [4.69, 9.17) is 11.6 Å². The summed E-state index contributed by atoms with van der Waals surface area (Å²) in [6.07, 6.45) is 2.47. The first-order valence-corrected chi connectivity index (χ1v) is 11.2. The van der Waals surface area contributed by atoms with Crippen molar-refractivity contribution in [1.29, 1.82) is 0 Å². The van der Waals surface area contributed by atoms with Gasteiger partial charge in [-0.1, -0.05) is 18.0 Å². The molecule has 0 N–H and O–H groups in total. The summed E-state index contributed by atoms with van der Waals surface area (Å²) >= 11 is 7.27. The Morgan fingerprint density at radius 3 is 2.56 bits per heavy atom. The average molecular weight is 431 g/mol. The van der Waals surface area contributed by atoms with Crippen molar-refractivity contribution in [1.82, 2.24) is 9.21 Å². The number of nitrogens with zero attached hydrogens (tertiary/aromatic N) is 2. The van der Waals surface area contributed by atoms with Gasteiger partial charge in [0.2, 0.25) is 10.0 Å². The van der Waals surface area contributed by atoms with Crippen LogP contribution in [0.2, 0.25) is 4.34 Å². The molecular formula is C18H20ClFN2O3S2. The molecule has 0 bridgehead atoms. The number of amides is 1. The van der Waals surface area contributed by atoms with Gasteiger partial charge in [0.25, 0.3) is 5.91 Å². The van der Waals surface area contributed by atoms with Crippen LogP contribution in [0.4, 0.5) is 4.39 Å². The van der Waals surface area contributed by atoms with E-state index in [0.717, 1.165) is 36.3 Å². The van der Waals surface area contributed by atoms with Crippen LogP contribution in [0.1, 0.15) is 34.5 Å². The first kappa shape index (κ1) is 20.3. The maximum Gasteiger partial charge on any atom is 0.253 e. The molecule has 0 saturated carbocycles. The predicted octanol–water partition coefficient (Wildman–Crippen LogP) is 3.99. The normalized spacial score (nSPS) is 15.7. The molecular weight excluding hydrogens is 411 g/mol. The van der Waals surface area contributed by atoms with E-state index in [2.05, 4.69) is 0 Å². The number of sulfonamides is 1. The molecule has 3 rings (SSSR count). The molecule has 2 heterocycles. The lowest BCUT2D eigenvalue weighted by Gasteiger charge is -2.26. The lowest BCUT2D eigenvalue weighted by Crippen LogP contribution is -2.36. The van der Waals surface area contributed by atoms with Gasteiger partial charge in [0.05, 0.1) is 10.9 Å². The topological polar surface area (TPSA) is 57.7 Å². The van der Waals surface area contributed by atoms with Crippen LogP contribution < -0.4 is 0 Å². The summed E-state index contributed by atoms with van der Waals surface area (Å²) in [7, 11) is -2.35. The third kappa shape index (κ3) is 4.51. The quantitative estimate of drug-likeness (QED) is 0.720. The molecule has 1 aliphatic rings. The first-order chi connectivity index (χ1) is 12.8. The predicted molar refractivity (Wildman–Crippen MR) is 104 cm³/mol. The minimum absolute atomic E-state index is 0.136.